The summed E-state index contributed by atoms with van der Waals surface area (Å²) in [4.78, 5) is 1.31. The fourth-order valence-electron chi connectivity index (χ4n) is 2.47. The van der Waals surface area contributed by atoms with Gasteiger partial charge in [-0.1, -0.05) is 51.3 Å². The largest absolute Gasteiger partial charge is 0.316 e. The van der Waals surface area contributed by atoms with Crippen molar-refractivity contribution in [2.45, 2.75) is 31.2 Å². The first-order valence-corrected chi connectivity index (χ1v) is 8.97. The highest BCUT2D eigenvalue weighted by Gasteiger charge is 2.09. The van der Waals surface area contributed by atoms with Gasteiger partial charge in [0, 0.05) is 21.2 Å². The van der Waals surface area contributed by atoms with E-state index in [1.165, 1.54) is 21.6 Å². The number of thioether (sulfide) groups is 1. The van der Waals surface area contributed by atoms with Crippen LogP contribution >= 0.6 is 27.7 Å². The third-order valence-electron chi connectivity index (χ3n) is 3.42. The highest BCUT2D eigenvalue weighted by atomic mass is 79.9. The lowest BCUT2D eigenvalue weighted by molar-refractivity contribution is 0.617. The molecular weight excluding hydrogens is 342 g/mol. The Bertz CT molecular complexity index is 577. The molecule has 2 aromatic carbocycles. The van der Waals surface area contributed by atoms with Crippen LogP contribution in [-0.4, -0.2) is 18.8 Å². The van der Waals surface area contributed by atoms with Gasteiger partial charge < -0.3 is 5.32 Å². The maximum Gasteiger partial charge on any atom is 0.0199 e. The van der Waals surface area contributed by atoms with Crippen molar-refractivity contribution < 1.29 is 0 Å². The summed E-state index contributed by atoms with van der Waals surface area (Å²) in [6, 6.07) is 15.8. The van der Waals surface area contributed by atoms with Crippen LogP contribution in [0.5, 0.6) is 0 Å². The number of aryl methyl sites for hydroxylation is 2. The summed E-state index contributed by atoms with van der Waals surface area (Å²) >= 11 is 5.43. The molecular formula is C18H22BrNS. The molecule has 0 fully saturated rings. The number of hydrogen-bond acceptors (Lipinski definition) is 2. The van der Waals surface area contributed by atoms with Crippen molar-refractivity contribution in [3.05, 3.63) is 63.6 Å². The average Bonchev–Trinajstić information content (AvgIpc) is 2.42. The van der Waals surface area contributed by atoms with Gasteiger partial charge in [-0.3, -0.25) is 0 Å². The van der Waals surface area contributed by atoms with E-state index in [2.05, 4.69) is 84.6 Å². The van der Waals surface area contributed by atoms with E-state index in [9.17, 15) is 0 Å². The Morgan fingerprint density at radius 3 is 2.43 bits per heavy atom. The molecule has 2 aromatic rings. The molecule has 1 N–H and O–H groups in total. The molecule has 0 aromatic heterocycles. The van der Waals surface area contributed by atoms with Crippen LogP contribution in [0.1, 0.15) is 16.7 Å². The number of hydrogen-bond donors (Lipinski definition) is 1. The Hall–Kier alpha value is -0.770. The van der Waals surface area contributed by atoms with E-state index in [1.807, 2.05) is 11.8 Å². The molecule has 3 heteroatoms. The molecule has 21 heavy (non-hydrogen) atoms. The van der Waals surface area contributed by atoms with Gasteiger partial charge in [-0.15, -0.1) is 11.8 Å². The topological polar surface area (TPSA) is 12.0 Å². The normalized spacial score (nSPS) is 12.4. The van der Waals surface area contributed by atoms with Crippen molar-refractivity contribution in [1.29, 1.82) is 0 Å². The van der Waals surface area contributed by atoms with Gasteiger partial charge in [-0.25, -0.2) is 0 Å². The Labute approximate surface area is 140 Å². The summed E-state index contributed by atoms with van der Waals surface area (Å²) in [5.41, 5.74) is 4.11. The van der Waals surface area contributed by atoms with Crippen LogP contribution in [0, 0.1) is 13.8 Å². The zero-order valence-corrected chi connectivity index (χ0v) is 15.2. The van der Waals surface area contributed by atoms with Gasteiger partial charge >= 0.3 is 0 Å². The molecule has 0 bridgehead atoms. The van der Waals surface area contributed by atoms with Crippen LogP contribution < -0.4 is 5.32 Å². The van der Waals surface area contributed by atoms with E-state index < -0.39 is 0 Å². The number of likely N-dealkylation sites (N-methyl/N-ethyl adjacent to an activating group) is 1. The minimum atomic E-state index is 0.482. The van der Waals surface area contributed by atoms with Crippen molar-refractivity contribution in [1.82, 2.24) is 5.32 Å². The molecule has 0 aliphatic rings. The number of rotatable bonds is 6. The van der Waals surface area contributed by atoms with Crippen LogP contribution in [0.2, 0.25) is 0 Å². The minimum absolute atomic E-state index is 0.482. The van der Waals surface area contributed by atoms with Crippen molar-refractivity contribution >= 4 is 27.7 Å². The van der Waals surface area contributed by atoms with Gasteiger partial charge in [0.25, 0.3) is 0 Å². The van der Waals surface area contributed by atoms with E-state index in [4.69, 9.17) is 0 Å². The molecule has 0 heterocycles. The lowest BCUT2D eigenvalue weighted by Gasteiger charge is -2.17. The average molecular weight is 364 g/mol. The lowest BCUT2D eigenvalue weighted by Crippen LogP contribution is -2.30. The number of nitrogens with one attached hydrogen (secondary N) is 1. The molecule has 0 radical (unpaired) electrons. The molecule has 2 rings (SSSR count). The second-order valence-corrected chi connectivity index (χ2v) is 7.46. The van der Waals surface area contributed by atoms with E-state index in [0.29, 0.717) is 6.04 Å². The maximum atomic E-state index is 3.53. The Balaban J connectivity index is 1.96. The summed E-state index contributed by atoms with van der Waals surface area (Å²) in [5, 5.41) is 3.44. The van der Waals surface area contributed by atoms with Crippen LogP contribution in [-0.2, 0) is 6.42 Å². The fourth-order valence-corrected chi connectivity index (χ4v) is 4.08. The van der Waals surface area contributed by atoms with Crippen molar-refractivity contribution in [3.63, 3.8) is 0 Å². The molecule has 0 aliphatic carbocycles. The highest BCUT2D eigenvalue weighted by molar-refractivity contribution is 9.10. The third kappa shape index (κ3) is 5.50. The third-order valence-corrected chi connectivity index (χ3v) is 5.07. The standard InChI is InChI=1S/C18H22BrNS/c1-13-7-14(2)9-15(8-13)10-17(20-3)12-21-18-6-4-5-16(19)11-18/h4-9,11,17,20H,10,12H2,1-3H3. The highest BCUT2D eigenvalue weighted by Crippen LogP contribution is 2.23. The van der Waals surface area contributed by atoms with E-state index in [-0.39, 0.29) is 0 Å². The SMILES string of the molecule is CNC(CSc1cccc(Br)c1)Cc1cc(C)cc(C)c1. The molecule has 0 amide bonds. The van der Waals surface area contributed by atoms with Gasteiger partial charge in [0.15, 0.2) is 0 Å². The second-order valence-electron chi connectivity index (χ2n) is 5.45. The predicted octanol–water partition coefficient (Wildman–Crippen LogP) is 4.99. The molecule has 1 unspecified atom stereocenters. The van der Waals surface area contributed by atoms with E-state index in [1.54, 1.807) is 0 Å². The van der Waals surface area contributed by atoms with Crippen molar-refractivity contribution in [3.8, 4) is 0 Å². The molecule has 0 spiro atoms. The summed E-state index contributed by atoms with van der Waals surface area (Å²) in [7, 11) is 2.05. The summed E-state index contributed by atoms with van der Waals surface area (Å²) in [5.74, 6) is 1.07. The van der Waals surface area contributed by atoms with Crippen LogP contribution in [0.4, 0.5) is 0 Å². The van der Waals surface area contributed by atoms with Gasteiger partial charge in [0.2, 0.25) is 0 Å². The van der Waals surface area contributed by atoms with Gasteiger partial charge in [0.05, 0.1) is 0 Å². The van der Waals surface area contributed by atoms with Gasteiger partial charge in [-0.2, -0.15) is 0 Å². The maximum absolute atomic E-state index is 3.53. The molecule has 0 saturated heterocycles. The number of benzene rings is 2. The van der Waals surface area contributed by atoms with Crippen molar-refractivity contribution in [2.24, 2.45) is 0 Å². The molecule has 0 saturated carbocycles. The van der Waals surface area contributed by atoms with E-state index >= 15 is 0 Å². The van der Waals surface area contributed by atoms with Crippen LogP contribution in [0.15, 0.2) is 51.8 Å². The smallest absolute Gasteiger partial charge is 0.0199 e. The van der Waals surface area contributed by atoms with Gasteiger partial charge in [0.1, 0.15) is 0 Å². The quantitative estimate of drug-likeness (QED) is 0.725. The second kappa shape index (κ2) is 8.02. The van der Waals surface area contributed by atoms with Crippen LogP contribution in [0.3, 0.4) is 0 Å². The fraction of sp³-hybridized carbons (Fsp3) is 0.333. The lowest BCUT2D eigenvalue weighted by atomic mass is 10.0. The summed E-state index contributed by atoms with van der Waals surface area (Å²) in [6.07, 6.45) is 1.07. The number of halogens is 1. The Morgan fingerprint density at radius 2 is 1.81 bits per heavy atom. The molecule has 0 aliphatic heterocycles. The molecule has 1 atom stereocenters. The zero-order chi connectivity index (χ0) is 15.2. The zero-order valence-electron chi connectivity index (χ0n) is 12.8. The Kier molecular flexibility index (Phi) is 6.34. The van der Waals surface area contributed by atoms with Gasteiger partial charge in [-0.05, 0) is 51.1 Å². The molecule has 1 nitrogen and oxygen atoms in total. The minimum Gasteiger partial charge on any atom is -0.316 e. The Morgan fingerprint density at radius 1 is 1.10 bits per heavy atom. The summed E-state index contributed by atoms with van der Waals surface area (Å²) < 4.78 is 1.14. The first-order chi connectivity index (χ1) is 10.1. The molecule has 112 valence electrons. The van der Waals surface area contributed by atoms with Crippen LogP contribution in [0.25, 0.3) is 0 Å². The van der Waals surface area contributed by atoms with E-state index in [0.717, 1.165) is 16.6 Å². The first-order valence-electron chi connectivity index (χ1n) is 7.19. The predicted molar refractivity (Wildman–Crippen MR) is 97.3 cm³/mol. The van der Waals surface area contributed by atoms with Crippen molar-refractivity contribution in [2.75, 3.05) is 12.8 Å². The monoisotopic (exact) mass is 363 g/mol. The first kappa shape index (κ1) is 16.6. The summed E-state index contributed by atoms with van der Waals surface area (Å²) in [6.45, 7) is 4.34.